The Kier molecular flexibility index (Phi) is 6.45. The number of ether oxygens (including phenoxy) is 1. The van der Waals surface area contributed by atoms with Crippen molar-refractivity contribution in [3.05, 3.63) is 65.0 Å². The Hall–Kier alpha value is -2.40. The lowest BCUT2D eigenvalue weighted by molar-refractivity contribution is 0.0785. The lowest BCUT2D eigenvalue weighted by Crippen LogP contribution is -2.29. The zero-order chi connectivity index (χ0) is 19.2. The highest BCUT2D eigenvalue weighted by Crippen LogP contribution is 2.19. The monoisotopic (exact) mass is 370 g/mol. The highest BCUT2D eigenvalue weighted by Gasteiger charge is 2.14. The summed E-state index contributed by atoms with van der Waals surface area (Å²) in [6.45, 7) is 3.59. The van der Waals surface area contributed by atoms with Crippen LogP contribution in [-0.2, 0) is 13.1 Å². The molecule has 0 atom stereocenters. The van der Waals surface area contributed by atoms with E-state index in [1.165, 1.54) is 38.0 Å². The van der Waals surface area contributed by atoms with Gasteiger partial charge in [0.15, 0.2) is 11.6 Å². The number of benzene rings is 2. The van der Waals surface area contributed by atoms with Crippen LogP contribution in [-0.4, -0.2) is 43.0 Å². The summed E-state index contributed by atoms with van der Waals surface area (Å²) in [6, 6.07) is 12.6. The van der Waals surface area contributed by atoms with Gasteiger partial charge in [0.05, 0.1) is 7.11 Å². The van der Waals surface area contributed by atoms with Crippen LogP contribution in [0.1, 0.15) is 40.7 Å². The first-order valence-corrected chi connectivity index (χ1v) is 9.46. The zero-order valence-corrected chi connectivity index (χ0v) is 16.1. The van der Waals surface area contributed by atoms with Crippen molar-refractivity contribution in [1.29, 1.82) is 0 Å². The summed E-state index contributed by atoms with van der Waals surface area (Å²) in [5.74, 6) is -0.286. The molecule has 0 bridgehead atoms. The summed E-state index contributed by atoms with van der Waals surface area (Å²) in [6.07, 6.45) is 3.87. The number of nitrogens with zero attached hydrogens (tertiary/aromatic N) is 2. The van der Waals surface area contributed by atoms with Crippen molar-refractivity contribution in [1.82, 2.24) is 9.80 Å². The predicted octanol–water partition coefficient (Wildman–Crippen LogP) is 4.09. The molecule has 0 unspecified atom stereocenters. The molecule has 27 heavy (non-hydrogen) atoms. The van der Waals surface area contributed by atoms with E-state index in [1.54, 1.807) is 24.1 Å². The van der Waals surface area contributed by atoms with Crippen LogP contribution in [0.4, 0.5) is 4.39 Å². The van der Waals surface area contributed by atoms with Crippen LogP contribution >= 0.6 is 0 Å². The maximum atomic E-state index is 13.8. The third-order valence-corrected chi connectivity index (χ3v) is 5.04. The molecule has 0 aliphatic carbocycles. The van der Waals surface area contributed by atoms with Crippen molar-refractivity contribution in [3.63, 3.8) is 0 Å². The minimum absolute atomic E-state index is 0.0734. The van der Waals surface area contributed by atoms with E-state index in [-0.39, 0.29) is 11.7 Å². The number of methoxy groups -OCH3 is 1. The van der Waals surface area contributed by atoms with Gasteiger partial charge in [-0.1, -0.05) is 24.6 Å². The molecular formula is C22H27FN2O2. The van der Waals surface area contributed by atoms with Crippen molar-refractivity contribution in [3.8, 4) is 5.75 Å². The molecule has 5 heteroatoms. The van der Waals surface area contributed by atoms with Gasteiger partial charge in [0.1, 0.15) is 0 Å². The minimum Gasteiger partial charge on any atom is -0.494 e. The molecule has 1 amide bonds. The smallest absolute Gasteiger partial charge is 0.253 e. The van der Waals surface area contributed by atoms with E-state index >= 15 is 0 Å². The van der Waals surface area contributed by atoms with Gasteiger partial charge in [-0.25, -0.2) is 4.39 Å². The number of halogens is 1. The van der Waals surface area contributed by atoms with E-state index in [2.05, 4.69) is 4.90 Å². The maximum Gasteiger partial charge on any atom is 0.253 e. The molecule has 3 rings (SSSR count). The third kappa shape index (κ3) is 5.07. The second-order valence-electron chi connectivity index (χ2n) is 7.16. The molecule has 0 saturated carbocycles. The zero-order valence-electron chi connectivity index (χ0n) is 16.1. The van der Waals surface area contributed by atoms with Gasteiger partial charge in [0, 0.05) is 25.7 Å². The molecule has 1 aliphatic rings. The van der Waals surface area contributed by atoms with Crippen LogP contribution in [0, 0.1) is 5.82 Å². The first kappa shape index (κ1) is 19.4. The average molecular weight is 370 g/mol. The van der Waals surface area contributed by atoms with Gasteiger partial charge in [-0.2, -0.15) is 0 Å². The van der Waals surface area contributed by atoms with E-state index in [0.717, 1.165) is 25.2 Å². The Morgan fingerprint density at radius 3 is 2.37 bits per heavy atom. The Labute approximate surface area is 160 Å². The van der Waals surface area contributed by atoms with Crippen molar-refractivity contribution in [2.75, 3.05) is 27.2 Å². The molecule has 144 valence electrons. The number of amides is 1. The normalized spacial score (nSPS) is 14.8. The standard InChI is InChI=1S/C22H27FN2O2/c1-24(15-18-8-11-21(27-2)20(23)14-18)22(26)19-9-6-17(7-10-19)16-25-12-4-3-5-13-25/h6-11,14H,3-5,12-13,15-16H2,1-2H3. The molecule has 0 aromatic heterocycles. The lowest BCUT2D eigenvalue weighted by Gasteiger charge is -2.26. The number of hydrogen-bond donors (Lipinski definition) is 0. The van der Waals surface area contributed by atoms with Gasteiger partial charge < -0.3 is 9.64 Å². The van der Waals surface area contributed by atoms with Crippen LogP contribution in [0.3, 0.4) is 0 Å². The van der Waals surface area contributed by atoms with Gasteiger partial charge in [-0.3, -0.25) is 9.69 Å². The van der Waals surface area contributed by atoms with Crippen LogP contribution in [0.5, 0.6) is 5.75 Å². The Morgan fingerprint density at radius 1 is 1.07 bits per heavy atom. The Balaban J connectivity index is 1.60. The van der Waals surface area contributed by atoms with Crippen LogP contribution in [0.2, 0.25) is 0 Å². The highest BCUT2D eigenvalue weighted by atomic mass is 19.1. The fourth-order valence-corrected chi connectivity index (χ4v) is 3.50. The molecule has 4 nitrogen and oxygen atoms in total. The summed E-state index contributed by atoms with van der Waals surface area (Å²) in [5.41, 5.74) is 2.60. The van der Waals surface area contributed by atoms with Gasteiger partial charge in [0.25, 0.3) is 5.91 Å². The summed E-state index contributed by atoms with van der Waals surface area (Å²) >= 11 is 0. The molecule has 1 saturated heterocycles. The van der Waals surface area contributed by atoms with Crippen molar-refractivity contribution < 1.29 is 13.9 Å². The second-order valence-corrected chi connectivity index (χ2v) is 7.16. The molecular weight excluding hydrogens is 343 g/mol. The fraction of sp³-hybridized carbons (Fsp3) is 0.409. The number of hydrogen-bond acceptors (Lipinski definition) is 3. The summed E-state index contributed by atoms with van der Waals surface area (Å²) in [7, 11) is 3.16. The quantitative estimate of drug-likeness (QED) is 0.768. The maximum absolute atomic E-state index is 13.8. The minimum atomic E-state index is -0.419. The number of rotatable bonds is 6. The Bertz CT molecular complexity index is 770. The number of piperidine rings is 1. The van der Waals surface area contributed by atoms with Crippen molar-refractivity contribution in [2.24, 2.45) is 0 Å². The lowest BCUT2D eigenvalue weighted by atomic mass is 10.1. The average Bonchev–Trinajstić information content (AvgIpc) is 2.69. The number of carbonyl (C=O) groups excluding carboxylic acids is 1. The summed E-state index contributed by atoms with van der Waals surface area (Å²) < 4.78 is 18.8. The highest BCUT2D eigenvalue weighted by molar-refractivity contribution is 5.94. The van der Waals surface area contributed by atoms with Crippen molar-refractivity contribution in [2.45, 2.75) is 32.4 Å². The van der Waals surface area contributed by atoms with E-state index in [4.69, 9.17) is 4.74 Å². The number of carbonyl (C=O) groups is 1. The molecule has 1 heterocycles. The summed E-state index contributed by atoms with van der Waals surface area (Å²) in [4.78, 5) is 16.7. The molecule has 1 fully saturated rings. The van der Waals surface area contributed by atoms with Gasteiger partial charge in [-0.05, 0) is 61.3 Å². The molecule has 0 spiro atoms. The predicted molar refractivity (Wildman–Crippen MR) is 104 cm³/mol. The third-order valence-electron chi connectivity index (χ3n) is 5.04. The first-order chi connectivity index (χ1) is 13.1. The fourth-order valence-electron chi connectivity index (χ4n) is 3.50. The topological polar surface area (TPSA) is 32.8 Å². The van der Waals surface area contributed by atoms with Crippen LogP contribution in [0.25, 0.3) is 0 Å². The van der Waals surface area contributed by atoms with Crippen LogP contribution in [0.15, 0.2) is 42.5 Å². The van der Waals surface area contributed by atoms with Crippen molar-refractivity contribution >= 4 is 5.91 Å². The van der Waals surface area contributed by atoms with E-state index in [0.29, 0.717) is 12.1 Å². The largest absolute Gasteiger partial charge is 0.494 e. The molecule has 0 radical (unpaired) electrons. The molecule has 2 aromatic carbocycles. The Morgan fingerprint density at radius 2 is 1.74 bits per heavy atom. The SMILES string of the molecule is COc1ccc(CN(C)C(=O)c2ccc(CN3CCCCC3)cc2)cc1F. The molecule has 2 aromatic rings. The van der Waals surface area contributed by atoms with E-state index in [9.17, 15) is 9.18 Å². The second kappa shape index (κ2) is 9.00. The number of likely N-dealkylation sites (tertiary alicyclic amines) is 1. The van der Waals surface area contributed by atoms with Gasteiger partial charge in [-0.15, -0.1) is 0 Å². The van der Waals surface area contributed by atoms with Gasteiger partial charge in [0.2, 0.25) is 0 Å². The van der Waals surface area contributed by atoms with Gasteiger partial charge >= 0.3 is 0 Å². The van der Waals surface area contributed by atoms with Crippen LogP contribution < -0.4 is 4.74 Å². The molecule has 0 N–H and O–H groups in total. The van der Waals surface area contributed by atoms with E-state index in [1.807, 2.05) is 24.3 Å². The molecule has 1 aliphatic heterocycles. The summed E-state index contributed by atoms with van der Waals surface area (Å²) in [5, 5.41) is 0. The van der Waals surface area contributed by atoms with E-state index < -0.39 is 5.82 Å². The first-order valence-electron chi connectivity index (χ1n) is 9.46.